The van der Waals surface area contributed by atoms with E-state index in [2.05, 4.69) is 10.3 Å². The van der Waals surface area contributed by atoms with Gasteiger partial charge in [0.25, 0.3) is 0 Å². The van der Waals surface area contributed by atoms with E-state index in [0.717, 1.165) is 23.4 Å². The molecule has 1 aromatic carbocycles. The minimum absolute atomic E-state index is 0.00392. The van der Waals surface area contributed by atoms with Gasteiger partial charge in [-0.1, -0.05) is 31.2 Å². The quantitative estimate of drug-likeness (QED) is 0.892. The Morgan fingerprint density at radius 3 is 2.52 bits per heavy atom. The Bertz CT molecular complexity index is 671. The van der Waals surface area contributed by atoms with Crippen LogP contribution in [0.4, 0.5) is 5.69 Å². The van der Waals surface area contributed by atoms with E-state index in [-0.39, 0.29) is 18.4 Å². The largest absolute Gasteiger partial charge is 0.328 e. The fourth-order valence-corrected chi connectivity index (χ4v) is 2.28. The molecule has 0 aliphatic heterocycles. The lowest BCUT2D eigenvalue weighted by molar-refractivity contribution is -0.133. The van der Waals surface area contributed by atoms with E-state index in [0.29, 0.717) is 6.54 Å². The summed E-state index contributed by atoms with van der Waals surface area (Å²) in [5.74, 6) is -0.369. The standard InChI is InChI=1S/C18H21N3O2/c1-3-15-8-4-5-10-17(15)20-18(23)13-21(14(2)22)12-16-9-6-7-11-19-16/h4-11H,3,12-13H2,1-2H3,(H,20,23). The Labute approximate surface area is 136 Å². The number of rotatable bonds is 6. The predicted molar refractivity (Wildman–Crippen MR) is 89.8 cm³/mol. The maximum atomic E-state index is 12.3. The number of nitrogens with zero attached hydrogens (tertiary/aromatic N) is 2. The fraction of sp³-hybridized carbons (Fsp3) is 0.278. The molecule has 0 radical (unpaired) electrons. The van der Waals surface area contributed by atoms with Crippen LogP contribution in [0.3, 0.4) is 0 Å². The van der Waals surface area contributed by atoms with E-state index < -0.39 is 0 Å². The molecule has 0 saturated heterocycles. The SMILES string of the molecule is CCc1ccccc1NC(=O)CN(Cc1ccccn1)C(C)=O. The predicted octanol–water partition coefficient (Wildman–Crippen LogP) is 2.63. The third-order valence-electron chi connectivity index (χ3n) is 3.53. The maximum Gasteiger partial charge on any atom is 0.244 e. The normalized spacial score (nSPS) is 10.2. The molecular formula is C18H21N3O2. The van der Waals surface area contributed by atoms with Crippen molar-refractivity contribution in [3.63, 3.8) is 0 Å². The van der Waals surface area contributed by atoms with E-state index in [4.69, 9.17) is 0 Å². The van der Waals surface area contributed by atoms with Gasteiger partial charge in [-0.3, -0.25) is 14.6 Å². The zero-order valence-electron chi connectivity index (χ0n) is 13.5. The highest BCUT2D eigenvalue weighted by atomic mass is 16.2. The number of aromatic nitrogens is 1. The van der Waals surface area contributed by atoms with E-state index in [9.17, 15) is 9.59 Å². The molecule has 0 aliphatic rings. The van der Waals surface area contributed by atoms with Gasteiger partial charge in [0.15, 0.2) is 0 Å². The molecule has 1 aromatic heterocycles. The van der Waals surface area contributed by atoms with Gasteiger partial charge in [-0.25, -0.2) is 0 Å². The first-order chi connectivity index (χ1) is 11.1. The molecule has 0 spiro atoms. The van der Waals surface area contributed by atoms with E-state index >= 15 is 0 Å². The van der Waals surface area contributed by atoms with Crippen LogP contribution < -0.4 is 5.32 Å². The lowest BCUT2D eigenvalue weighted by Gasteiger charge is -2.20. The summed E-state index contributed by atoms with van der Waals surface area (Å²) >= 11 is 0. The molecule has 0 atom stereocenters. The first-order valence-corrected chi connectivity index (χ1v) is 7.63. The smallest absolute Gasteiger partial charge is 0.244 e. The molecule has 2 rings (SSSR count). The van der Waals surface area contributed by atoms with Gasteiger partial charge >= 0.3 is 0 Å². The van der Waals surface area contributed by atoms with Crippen LogP contribution in [0.15, 0.2) is 48.7 Å². The molecule has 0 bridgehead atoms. The van der Waals surface area contributed by atoms with Gasteiger partial charge in [0.2, 0.25) is 11.8 Å². The Hall–Kier alpha value is -2.69. The average Bonchev–Trinajstić information content (AvgIpc) is 2.55. The topological polar surface area (TPSA) is 62.3 Å². The summed E-state index contributed by atoms with van der Waals surface area (Å²) in [6.07, 6.45) is 2.51. The van der Waals surface area contributed by atoms with Crippen molar-refractivity contribution in [3.05, 3.63) is 59.9 Å². The number of pyridine rings is 1. The van der Waals surface area contributed by atoms with Gasteiger partial charge in [-0.05, 0) is 30.2 Å². The van der Waals surface area contributed by atoms with Crippen molar-refractivity contribution in [3.8, 4) is 0 Å². The van der Waals surface area contributed by atoms with Crippen LogP contribution in [0.2, 0.25) is 0 Å². The van der Waals surface area contributed by atoms with Crippen molar-refractivity contribution in [2.24, 2.45) is 0 Å². The van der Waals surface area contributed by atoms with Crippen LogP contribution in [-0.2, 0) is 22.6 Å². The highest BCUT2D eigenvalue weighted by Gasteiger charge is 2.15. The number of carbonyl (C=O) groups is 2. The molecule has 23 heavy (non-hydrogen) atoms. The van der Waals surface area contributed by atoms with E-state index in [1.54, 1.807) is 6.20 Å². The number of nitrogens with one attached hydrogen (secondary N) is 1. The molecule has 2 amide bonds. The van der Waals surface area contributed by atoms with E-state index in [1.807, 2.05) is 49.4 Å². The number of hydrogen-bond donors (Lipinski definition) is 1. The second-order valence-corrected chi connectivity index (χ2v) is 5.26. The molecular weight excluding hydrogens is 290 g/mol. The summed E-state index contributed by atoms with van der Waals surface area (Å²) in [6.45, 7) is 3.81. The average molecular weight is 311 g/mol. The number of carbonyl (C=O) groups excluding carboxylic acids is 2. The van der Waals surface area contributed by atoms with Crippen LogP contribution >= 0.6 is 0 Å². The van der Waals surface area contributed by atoms with Crippen molar-refractivity contribution in [1.82, 2.24) is 9.88 Å². The molecule has 0 fully saturated rings. The van der Waals surface area contributed by atoms with Crippen molar-refractivity contribution < 1.29 is 9.59 Å². The van der Waals surface area contributed by atoms with Crippen LogP contribution in [0.1, 0.15) is 25.1 Å². The summed E-state index contributed by atoms with van der Waals surface area (Å²) in [7, 11) is 0. The Balaban J connectivity index is 2.02. The second kappa shape index (κ2) is 8.08. The third-order valence-corrected chi connectivity index (χ3v) is 3.53. The van der Waals surface area contributed by atoms with Gasteiger partial charge in [-0.15, -0.1) is 0 Å². The van der Waals surface area contributed by atoms with Gasteiger partial charge in [-0.2, -0.15) is 0 Å². The highest BCUT2D eigenvalue weighted by molar-refractivity contribution is 5.94. The Morgan fingerprint density at radius 2 is 1.87 bits per heavy atom. The zero-order chi connectivity index (χ0) is 16.7. The van der Waals surface area contributed by atoms with Gasteiger partial charge in [0.1, 0.15) is 6.54 Å². The van der Waals surface area contributed by atoms with Crippen molar-refractivity contribution in [1.29, 1.82) is 0 Å². The first kappa shape index (κ1) is 16.7. The van der Waals surface area contributed by atoms with Gasteiger partial charge < -0.3 is 10.2 Å². The number of hydrogen-bond acceptors (Lipinski definition) is 3. The fourth-order valence-electron chi connectivity index (χ4n) is 2.28. The van der Waals surface area contributed by atoms with Gasteiger partial charge in [0, 0.05) is 18.8 Å². The monoisotopic (exact) mass is 311 g/mol. The van der Waals surface area contributed by atoms with Crippen LogP contribution in [0.25, 0.3) is 0 Å². The lowest BCUT2D eigenvalue weighted by atomic mass is 10.1. The Kier molecular flexibility index (Phi) is 5.86. The minimum Gasteiger partial charge on any atom is -0.328 e. The summed E-state index contributed by atoms with van der Waals surface area (Å²) in [5, 5.41) is 2.88. The summed E-state index contributed by atoms with van der Waals surface area (Å²) in [6, 6.07) is 13.2. The van der Waals surface area contributed by atoms with Crippen molar-refractivity contribution in [2.45, 2.75) is 26.8 Å². The lowest BCUT2D eigenvalue weighted by Crippen LogP contribution is -2.36. The minimum atomic E-state index is -0.211. The molecule has 1 heterocycles. The molecule has 2 aromatic rings. The van der Waals surface area contributed by atoms with Crippen molar-refractivity contribution >= 4 is 17.5 Å². The molecule has 0 saturated carbocycles. The van der Waals surface area contributed by atoms with Gasteiger partial charge in [0.05, 0.1) is 12.2 Å². The maximum absolute atomic E-state index is 12.3. The molecule has 1 N–H and O–H groups in total. The third kappa shape index (κ3) is 4.92. The number of anilines is 1. The first-order valence-electron chi connectivity index (χ1n) is 7.63. The van der Waals surface area contributed by atoms with Crippen LogP contribution in [0, 0.1) is 0 Å². The Morgan fingerprint density at radius 1 is 1.13 bits per heavy atom. The number of para-hydroxylation sites is 1. The second-order valence-electron chi connectivity index (χ2n) is 5.26. The molecule has 120 valence electrons. The summed E-state index contributed by atoms with van der Waals surface area (Å²) < 4.78 is 0. The number of aryl methyl sites for hydroxylation is 1. The van der Waals surface area contributed by atoms with Crippen molar-refractivity contribution in [2.75, 3.05) is 11.9 Å². The summed E-state index contributed by atoms with van der Waals surface area (Å²) in [4.78, 5) is 29.7. The van der Waals surface area contributed by atoms with Crippen LogP contribution in [-0.4, -0.2) is 28.2 Å². The molecule has 5 nitrogen and oxygen atoms in total. The molecule has 0 unspecified atom stereocenters. The number of amides is 2. The molecule has 0 aliphatic carbocycles. The van der Waals surface area contributed by atoms with Crippen LogP contribution in [0.5, 0.6) is 0 Å². The summed E-state index contributed by atoms with van der Waals surface area (Å²) in [5.41, 5.74) is 2.62. The number of benzene rings is 1. The zero-order valence-corrected chi connectivity index (χ0v) is 13.5. The molecule has 5 heteroatoms. The van der Waals surface area contributed by atoms with E-state index in [1.165, 1.54) is 11.8 Å². The highest BCUT2D eigenvalue weighted by Crippen LogP contribution is 2.15.